The number of nitrogens with two attached hydrogens (primary N) is 3. The zero-order chi connectivity index (χ0) is 64.5. The molecule has 2 aliphatic carbocycles. The lowest BCUT2D eigenvalue weighted by molar-refractivity contribution is 0.0727. The van der Waals surface area contributed by atoms with Crippen LogP contribution in [0.2, 0.25) is 0 Å². The van der Waals surface area contributed by atoms with Crippen molar-refractivity contribution in [2.24, 2.45) is 35.3 Å². The lowest BCUT2D eigenvalue weighted by Gasteiger charge is -2.23. The maximum Gasteiger partial charge on any atom is 0.183 e. The topological polar surface area (TPSA) is 249 Å². The normalized spacial score (nSPS) is 20.2. The molecular weight excluding hydrogens is 1510 g/mol. The molecule has 2 saturated carbocycles. The molecule has 94 heavy (non-hydrogen) atoms. The van der Waals surface area contributed by atoms with Gasteiger partial charge in [-0.05, 0) is 155 Å². The molecule has 0 amide bonds. The van der Waals surface area contributed by atoms with E-state index in [1.165, 1.54) is 192 Å². The highest BCUT2D eigenvalue weighted by Gasteiger charge is 2.21. The van der Waals surface area contributed by atoms with Crippen LogP contribution in [0.15, 0.2) is 55.9 Å². The number of anilines is 4. The Kier molecular flexibility index (Phi) is 46.7. The van der Waals surface area contributed by atoms with E-state index in [1.807, 2.05) is 88.6 Å². The second-order valence-corrected chi connectivity index (χ2v) is 37.4. The highest BCUT2D eigenvalue weighted by Crippen LogP contribution is 2.36. The van der Waals surface area contributed by atoms with Crippen LogP contribution in [0, 0.1) is 40.3 Å². The summed E-state index contributed by atoms with van der Waals surface area (Å²) in [4.78, 5) is 21.0. The highest BCUT2D eigenvalue weighted by atomic mass is 79.9. The van der Waals surface area contributed by atoms with E-state index in [4.69, 9.17) is 46.1 Å². The molecule has 6 aliphatic heterocycles. The van der Waals surface area contributed by atoms with E-state index in [0.717, 1.165) is 144 Å². The summed E-state index contributed by atoms with van der Waals surface area (Å²) in [6.45, 7) is 11.7. The quantitative estimate of drug-likeness (QED) is 0.0271. The molecule has 6 saturated heterocycles. The minimum absolute atomic E-state index is 0. The molecule has 0 unspecified atom stereocenters. The molecule has 13 rings (SSSR count). The number of nitriles is 1. The van der Waals surface area contributed by atoms with Crippen LogP contribution in [0.25, 0.3) is 0 Å². The Bertz CT molecular complexity index is 2530. The fourth-order valence-corrected chi connectivity index (χ4v) is 21.8. The predicted molar refractivity (Wildman–Crippen MR) is 418 cm³/mol. The predicted octanol–water partition coefficient (Wildman–Crippen LogP) is 18.6. The number of thiazole rings is 5. The number of nitrogens with one attached hydrogen (secondary N) is 3. The van der Waals surface area contributed by atoms with Crippen molar-refractivity contribution >= 4 is 168 Å². The zero-order valence-electron chi connectivity index (χ0n) is 53.4. The van der Waals surface area contributed by atoms with Gasteiger partial charge in [0.25, 0.3) is 0 Å². The Morgan fingerprint density at radius 1 is 0.468 bits per heavy atom. The molecule has 11 heterocycles. The van der Waals surface area contributed by atoms with Crippen LogP contribution in [0.5, 0.6) is 0 Å². The molecule has 532 valence electrons. The molecule has 8 aliphatic rings. The lowest BCUT2D eigenvalue weighted by atomic mass is 9.96. The van der Waals surface area contributed by atoms with Crippen LogP contribution in [-0.2, 0) is 23.7 Å². The summed E-state index contributed by atoms with van der Waals surface area (Å²) >= 11 is 23.8. The van der Waals surface area contributed by atoms with E-state index in [2.05, 4.69) is 72.7 Å². The average molecular weight is 1620 g/mol. The van der Waals surface area contributed by atoms with Gasteiger partial charge in [-0.25, -0.2) is 24.9 Å². The number of hydrogen-bond donors (Lipinski definition) is 6. The van der Waals surface area contributed by atoms with Gasteiger partial charge in [0.1, 0.15) is 5.40 Å². The first-order valence-corrected chi connectivity index (χ1v) is 43.9. The van der Waals surface area contributed by atoms with Crippen LogP contribution in [0.4, 0.5) is 20.5 Å². The van der Waals surface area contributed by atoms with Crippen LogP contribution >= 0.6 is 147 Å². The summed E-state index contributed by atoms with van der Waals surface area (Å²) in [6, 6.07) is 1.74. The van der Waals surface area contributed by atoms with Gasteiger partial charge >= 0.3 is 0 Å². The number of aromatic nitrogens is 5. The highest BCUT2D eigenvalue weighted by molar-refractivity contribution is 9.11. The van der Waals surface area contributed by atoms with Gasteiger partial charge in [-0.2, -0.15) is 5.26 Å². The number of nitrogens with zero attached hydrogens (tertiary/aromatic N) is 6. The van der Waals surface area contributed by atoms with Gasteiger partial charge in [-0.3, -0.25) is 0 Å². The van der Waals surface area contributed by atoms with E-state index in [9.17, 15) is 0 Å². The first-order valence-electron chi connectivity index (χ1n) is 33.1. The first-order chi connectivity index (χ1) is 45.1. The van der Waals surface area contributed by atoms with Crippen molar-refractivity contribution in [3.05, 3.63) is 34.9 Å². The Labute approximate surface area is 621 Å². The molecule has 1 atom stereocenters. The molecule has 0 spiro atoms. The SMILES string of the molecule is BrCC1CCOCC1.Brc1ncc(SCC2CCOCC2)s1.C.C.N#CSc1cnc(N)s1.NC1CCCCC1.Nc1ncc(SCC2CCOCC2)s1.c1nc(NC2CCCCC2)sc1SCC1CCOCC1.c1nc(N[C@@H]2CCCNC2)sc1SCC1CCOCC1. The maximum absolute atomic E-state index is 8.18. The molecule has 8 fully saturated rings. The second-order valence-electron chi connectivity index (χ2n) is 23.9. The smallest absolute Gasteiger partial charge is 0.183 e. The summed E-state index contributed by atoms with van der Waals surface area (Å²) < 4.78 is 33.7. The Morgan fingerprint density at radius 3 is 1.17 bits per heavy atom. The van der Waals surface area contributed by atoms with Crippen molar-refractivity contribution in [3.63, 3.8) is 0 Å². The van der Waals surface area contributed by atoms with Crippen LogP contribution in [-0.4, -0.2) is 151 Å². The lowest BCUT2D eigenvalue weighted by Crippen LogP contribution is -2.38. The van der Waals surface area contributed by atoms with Gasteiger partial charge < -0.3 is 56.8 Å². The molecule has 17 nitrogen and oxygen atoms in total. The van der Waals surface area contributed by atoms with Gasteiger partial charge in [0, 0.05) is 131 Å². The number of piperidine rings is 1. The van der Waals surface area contributed by atoms with Crippen LogP contribution in [0.1, 0.15) is 156 Å². The summed E-state index contributed by atoms with van der Waals surface area (Å²) in [5, 5.41) is 25.2. The molecular formula is C65H108Br2N12O5S10. The summed E-state index contributed by atoms with van der Waals surface area (Å²) in [7, 11) is 0. The largest absolute Gasteiger partial charge is 0.381 e. The minimum Gasteiger partial charge on any atom is -0.381 e. The molecule has 0 bridgehead atoms. The van der Waals surface area contributed by atoms with Crippen LogP contribution in [0.3, 0.4) is 0 Å². The van der Waals surface area contributed by atoms with Crippen molar-refractivity contribution < 1.29 is 23.7 Å². The third kappa shape index (κ3) is 37.3. The van der Waals surface area contributed by atoms with E-state index < -0.39 is 0 Å². The minimum atomic E-state index is 0. The number of thiocyanates is 1. The third-order valence-corrected chi connectivity index (χ3v) is 28.9. The van der Waals surface area contributed by atoms with Gasteiger partial charge in [-0.1, -0.05) is 115 Å². The van der Waals surface area contributed by atoms with Crippen LogP contribution < -0.4 is 33.2 Å². The zero-order valence-corrected chi connectivity index (χ0v) is 64.7. The number of hydrogen-bond acceptors (Lipinski definition) is 27. The molecule has 0 radical (unpaired) electrons. The van der Waals surface area contributed by atoms with Gasteiger partial charge in [-0.15, -0.1) is 58.4 Å². The average Bonchev–Trinajstić information content (AvgIpc) is 2.42. The number of halogens is 2. The number of nitrogen functional groups attached to an aromatic ring is 2. The van der Waals surface area contributed by atoms with Gasteiger partial charge in [0.2, 0.25) is 0 Å². The first kappa shape index (κ1) is 83.9. The summed E-state index contributed by atoms with van der Waals surface area (Å²) in [5.41, 5.74) is 16.5. The summed E-state index contributed by atoms with van der Waals surface area (Å²) in [6.07, 6.45) is 37.6. The standard InChI is InChI=1S/C15H24N2OS2.C14H23N3OS2.C9H12BrNOS2.C9H14N2OS2.C6H11BrO.C6H13N.C4H3N3S2.2CH4/c1-2-4-13(5-3-1)17-15-16-10-14(20-15)19-11-12-6-8-18-9-7-12;1-2-12(8-15-5-1)17-14-16-9-13(20-14)19-10-11-3-6-18-7-4-11;2*10-9-11-5-8(14-9)13-6-7-1-3-12-4-2-7;7-5-6-1-3-8-4-2-6;7-6-4-2-1-3-5-6;5-2-8-3-1-7-4(6)9-3;;/h10,12-13H,1-9,11H2,(H,16,17);9,11-12,15H,1-8,10H2,(H,16,17);5,7H,1-4,6H2;5,7H,1-4,6H2,(H2,10,11);6H,1-5H2;6H,1-5,7H2;1H,(H2,6,7);2*1H4/t;12-;;;;;;;/m.1......./s1. The van der Waals surface area contributed by atoms with E-state index >= 15 is 0 Å². The third-order valence-electron chi connectivity index (χ3n) is 16.6. The van der Waals surface area contributed by atoms with Crippen molar-refractivity contribution in [1.82, 2.24) is 30.2 Å². The molecule has 29 heteroatoms. The number of rotatable bonds is 18. The Balaban J connectivity index is 0.000000204. The van der Waals surface area contributed by atoms with Crippen molar-refractivity contribution in [1.29, 1.82) is 5.26 Å². The molecule has 0 aromatic carbocycles. The Morgan fingerprint density at radius 2 is 0.830 bits per heavy atom. The fourth-order valence-electron chi connectivity index (χ4n) is 10.9. The van der Waals surface area contributed by atoms with E-state index in [0.29, 0.717) is 28.4 Å². The number of ether oxygens (including phenoxy) is 5. The Hall–Kier alpha value is -0.730. The van der Waals surface area contributed by atoms with Gasteiger partial charge in [0.15, 0.2) is 24.4 Å². The second kappa shape index (κ2) is 52.3. The number of alkyl halides is 1. The van der Waals surface area contributed by atoms with Crippen molar-refractivity contribution in [3.8, 4) is 5.40 Å². The monoisotopic (exact) mass is 1610 g/mol. The van der Waals surface area contributed by atoms with E-state index in [-0.39, 0.29) is 14.9 Å². The van der Waals surface area contributed by atoms with E-state index in [1.54, 1.807) is 40.2 Å². The number of thioether (sulfide) groups is 5. The molecule has 5 aromatic rings. The molecule has 9 N–H and O–H groups in total. The maximum atomic E-state index is 8.18. The molecule has 5 aromatic heterocycles. The fraction of sp³-hybridized carbons (Fsp3) is 0.754. The van der Waals surface area contributed by atoms with Crippen molar-refractivity contribution in [2.75, 3.05) is 130 Å². The summed E-state index contributed by atoms with van der Waals surface area (Å²) in [5.74, 6) is 8.95. The van der Waals surface area contributed by atoms with Gasteiger partial charge in [0.05, 0.1) is 52.0 Å². The van der Waals surface area contributed by atoms with Crippen molar-refractivity contribution in [2.45, 2.75) is 195 Å².